The fourth-order valence-electron chi connectivity index (χ4n) is 3.49. The largest absolute Gasteiger partial charge is 0.485 e. The maximum Gasteiger partial charge on any atom is 0.262 e. The molecule has 10 heteroatoms. The molecule has 1 aromatic heterocycles. The fraction of sp³-hybridized carbons (Fsp3) is 0.200. The molecule has 1 N–H and O–H groups in total. The average molecular weight is 421 g/mol. The molecule has 0 radical (unpaired) electrons. The number of benzene rings is 2. The number of amides is 1. The van der Waals surface area contributed by atoms with Crippen molar-refractivity contribution in [1.82, 2.24) is 14.9 Å². The number of nitrogens with zero attached hydrogens (tertiary/aromatic N) is 4. The van der Waals surface area contributed by atoms with Gasteiger partial charge in [0.25, 0.3) is 5.91 Å². The van der Waals surface area contributed by atoms with Gasteiger partial charge in [-0.1, -0.05) is 23.9 Å². The van der Waals surface area contributed by atoms with E-state index in [-0.39, 0.29) is 12.5 Å². The molecule has 2 aromatic carbocycles. The third-order valence-electron chi connectivity index (χ3n) is 4.94. The SMILES string of the molecule is O=C1COc2ccc(C3=Nn4c(nnc4[C@@H]4COc5ccccc5O4)SC3)cc2N1. The van der Waals surface area contributed by atoms with E-state index in [9.17, 15) is 4.79 Å². The van der Waals surface area contributed by atoms with E-state index in [1.807, 2.05) is 42.5 Å². The highest BCUT2D eigenvalue weighted by Crippen LogP contribution is 2.37. The van der Waals surface area contributed by atoms with Gasteiger partial charge in [-0.2, -0.15) is 9.78 Å². The zero-order valence-electron chi connectivity index (χ0n) is 15.6. The van der Waals surface area contributed by atoms with Crippen molar-refractivity contribution in [2.75, 3.05) is 24.3 Å². The van der Waals surface area contributed by atoms with E-state index in [0.29, 0.717) is 46.3 Å². The maximum atomic E-state index is 11.6. The second-order valence-corrected chi connectivity index (χ2v) is 7.84. The first kappa shape index (κ1) is 17.3. The Kier molecular flexibility index (Phi) is 3.91. The van der Waals surface area contributed by atoms with Gasteiger partial charge in [0.15, 0.2) is 30.0 Å². The van der Waals surface area contributed by atoms with Crippen LogP contribution in [0, 0.1) is 0 Å². The molecule has 0 bridgehead atoms. The van der Waals surface area contributed by atoms with Gasteiger partial charge in [-0.05, 0) is 30.3 Å². The Balaban J connectivity index is 1.34. The zero-order chi connectivity index (χ0) is 20.1. The Morgan fingerprint density at radius 1 is 1.07 bits per heavy atom. The molecule has 4 heterocycles. The number of thioether (sulfide) groups is 1. The summed E-state index contributed by atoms with van der Waals surface area (Å²) in [5, 5.41) is 16.9. The summed E-state index contributed by atoms with van der Waals surface area (Å²) < 4.78 is 19.0. The van der Waals surface area contributed by atoms with E-state index in [1.54, 1.807) is 16.4 Å². The van der Waals surface area contributed by atoms with Crippen molar-refractivity contribution >= 4 is 29.1 Å². The molecule has 0 fully saturated rings. The van der Waals surface area contributed by atoms with Crippen LogP contribution >= 0.6 is 11.8 Å². The molecule has 9 nitrogen and oxygen atoms in total. The van der Waals surface area contributed by atoms with Gasteiger partial charge in [-0.15, -0.1) is 10.2 Å². The summed E-state index contributed by atoms with van der Waals surface area (Å²) in [4.78, 5) is 11.6. The number of carbonyl (C=O) groups excluding carboxylic acids is 1. The Bertz CT molecular complexity index is 1210. The summed E-state index contributed by atoms with van der Waals surface area (Å²) >= 11 is 1.54. The van der Waals surface area contributed by atoms with Crippen molar-refractivity contribution in [3.05, 3.63) is 53.9 Å². The van der Waals surface area contributed by atoms with Gasteiger partial charge in [0.2, 0.25) is 5.16 Å². The number of fused-ring (bicyclic) bond motifs is 3. The zero-order valence-corrected chi connectivity index (χ0v) is 16.4. The van der Waals surface area contributed by atoms with Gasteiger partial charge < -0.3 is 19.5 Å². The lowest BCUT2D eigenvalue weighted by molar-refractivity contribution is -0.118. The number of aromatic nitrogens is 3. The number of carbonyl (C=O) groups is 1. The van der Waals surface area contributed by atoms with Crippen LogP contribution in [0.3, 0.4) is 0 Å². The lowest BCUT2D eigenvalue weighted by Crippen LogP contribution is -2.26. The number of hydrogen-bond acceptors (Lipinski definition) is 8. The second kappa shape index (κ2) is 6.77. The third kappa shape index (κ3) is 2.88. The molecule has 0 saturated heterocycles. The van der Waals surface area contributed by atoms with Crippen molar-refractivity contribution in [1.29, 1.82) is 0 Å². The summed E-state index contributed by atoms with van der Waals surface area (Å²) in [5.41, 5.74) is 2.38. The molecule has 3 aromatic rings. The third-order valence-corrected chi connectivity index (χ3v) is 5.87. The van der Waals surface area contributed by atoms with Crippen LogP contribution in [0.15, 0.2) is 52.7 Å². The number of ether oxygens (including phenoxy) is 3. The average Bonchev–Trinajstić information content (AvgIpc) is 3.21. The summed E-state index contributed by atoms with van der Waals surface area (Å²) in [5.74, 6) is 3.08. The fourth-order valence-corrected chi connectivity index (χ4v) is 4.34. The Morgan fingerprint density at radius 2 is 1.97 bits per heavy atom. The molecular formula is C20H15N5O4S. The Labute approximate surface area is 175 Å². The van der Waals surface area contributed by atoms with Crippen molar-refractivity contribution in [3.8, 4) is 17.2 Å². The monoisotopic (exact) mass is 421 g/mol. The first-order chi connectivity index (χ1) is 14.7. The van der Waals surface area contributed by atoms with E-state index in [0.717, 1.165) is 11.3 Å². The minimum Gasteiger partial charge on any atom is -0.485 e. The normalized spacial score (nSPS) is 19.1. The number of rotatable bonds is 2. The van der Waals surface area contributed by atoms with Crippen LogP contribution in [-0.2, 0) is 4.79 Å². The lowest BCUT2D eigenvalue weighted by atomic mass is 10.1. The molecular weight excluding hydrogens is 406 g/mol. The second-order valence-electron chi connectivity index (χ2n) is 6.90. The summed E-state index contributed by atoms with van der Waals surface area (Å²) in [6.45, 7) is 0.357. The van der Waals surface area contributed by atoms with E-state index in [4.69, 9.17) is 19.3 Å². The summed E-state index contributed by atoms with van der Waals surface area (Å²) in [7, 11) is 0. The van der Waals surface area contributed by atoms with Crippen LogP contribution in [-0.4, -0.2) is 45.5 Å². The van der Waals surface area contributed by atoms with E-state index in [2.05, 4.69) is 15.5 Å². The van der Waals surface area contributed by atoms with Crippen molar-refractivity contribution in [2.24, 2.45) is 5.10 Å². The molecule has 3 aliphatic heterocycles. The molecule has 30 heavy (non-hydrogen) atoms. The van der Waals surface area contributed by atoms with Gasteiger partial charge in [0, 0.05) is 11.3 Å². The van der Waals surface area contributed by atoms with Crippen molar-refractivity contribution in [3.63, 3.8) is 0 Å². The smallest absolute Gasteiger partial charge is 0.262 e. The predicted octanol–water partition coefficient (Wildman–Crippen LogP) is 2.48. The topological polar surface area (TPSA) is 99.9 Å². The van der Waals surface area contributed by atoms with Gasteiger partial charge in [0.05, 0.1) is 11.4 Å². The number of nitrogens with one attached hydrogen (secondary N) is 1. The molecule has 6 rings (SSSR count). The maximum absolute atomic E-state index is 11.6. The van der Waals surface area contributed by atoms with Crippen LogP contribution in [0.25, 0.3) is 0 Å². The van der Waals surface area contributed by atoms with Crippen molar-refractivity contribution in [2.45, 2.75) is 11.3 Å². The number of para-hydroxylation sites is 2. The standard InChI is InChI=1S/C20H15N5O4S/c26-18-9-28-14-6-5-11(7-12(14)21-18)13-10-30-20-23-22-19(25(20)24-13)17-8-27-15-3-1-2-4-16(15)29-17/h1-7,17H,8-10H2,(H,21,26)/t17-/m0/s1. The first-order valence-corrected chi connectivity index (χ1v) is 10.3. The van der Waals surface area contributed by atoms with Crippen LogP contribution in [0.1, 0.15) is 17.5 Å². The Morgan fingerprint density at radius 3 is 2.90 bits per heavy atom. The Hall–Kier alpha value is -3.53. The lowest BCUT2D eigenvalue weighted by Gasteiger charge is -2.26. The molecule has 0 unspecified atom stereocenters. The number of anilines is 1. The minimum absolute atomic E-state index is 0.0309. The quantitative estimate of drug-likeness (QED) is 0.679. The first-order valence-electron chi connectivity index (χ1n) is 9.36. The molecule has 3 aliphatic rings. The van der Waals surface area contributed by atoms with Crippen LogP contribution in [0.2, 0.25) is 0 Å². The highest BCUT2D eigenvalue weighted by molar-refractivity contribution is 7.99. The molecule has 0 spiro atoms. The van der Waals surface area contributed by atoms with E-state index >= 15 is 0 Å². The number of hydrogen-bond donors (Lipinski definition) is 1. The molecule has 150 valence electrons. The molecule has 1 amide bonds. The summed E-state index contributed by atoms with van der Waals surface area (Å²) in [6.07, 6.45) is -0.416. The van der Waals surface area contributed by atoms with Gasteiger partial charge in [0.1, 0.15) is 12.4 Å². The minimum atomic E-state index is -0.416. The molecule has 0 aliphatic carbocycles. The predicted molar refractivity (Wildman–Crippen MR) is 109 cm³/mol. The van der Waals surface area contributed by atoms with Crippen LogP contribution in [0.4, 0.5) is 5.69 Å². The van der Waals surface area contributed by atoms with Crippen molar-refractivity contribution < 1.29 is 19.0 Å². The highest BCUT2D eigenvalue weighted by Gasteiger charge is 2.30. The molecule has 1 atom stereocenters. The highest BCUT2D eigenvalue weighted by atomic mass is 32.2. The van der Waals surface area contributed by atoms with Gasteiger partial charge in [-0.25, -0.2) is 0 Å². The van der Waals surface area contributed by atoms with Crippen LogP contribution in [0.5, 0.6) is 17.2 Å². The van der Waals surface area contributed by atoms with Gasteiger partial charge in [-0.3, -0.25) is 4.79 Å². The van der Waals surface area contributed by atoms with E-state index in [1.165, 1.54) is 0 Å². The van der Waals surface area contributed by atoms with E-state index < -0.39 is 6.10 Å². The van der Waals surface area contributed by atoms with Gasteiger partial charge >= 0.3 is 0 Å². The molecule has 0 saturated carbocycles. The summed E-state index contributed by atoms with van der Waals surface area (Å²) in [6, 6.07) is 13.2. The van der Waals surface area contributed by atoms with Crippen LogP contribution < -0.4 is 19.5 Å².